The molecule has 69 valence electrons. The van der Waals surface area contributed by atoms with Crippen molar-refractivity contribution in [3.63, 3.8) is 0 Å². The molecule has 3 nitrogen and oxygen atoms in total. The molecule has 1 aromatic carbocycles. The van der Waals surface area contributed by atoms with Gasteiger partial charge in [0.1, 0.15) is 0 Å². The van der Waals surface area contributed by atoms with Crippen molar-refractivity contribution in [2.75, 3.05) is 13.2 Å². The Morgan fingerprint density at radius 3 is 2.46 bits per heavy atom. The summed E-state index contributed by atoms with van der Waals surface area (Å²) in [5.41, 5.74) is 1.11. The van der Waals surface area contributed by atoms with E-state index >= 15 is 0 Å². The Kier molecular flexibility index (Phi) is 2.92. The zero-order chi connectivity index (χ0) is 8.93. The molecule has 1 saturated heterocycles. The Morgan fingerprint density at radius 2 is 1.77 bits per heavy atom. The van der Waals surface area contributed by atoms with E-state index in [1.54, 1.807) is 0 Å². The third kappa shape index (κ3) is 2.52. The molecule has 13 heavy (non-hydrogen) atoms. The van der Waals surface area contributed by atoms with E-state index in [0.29, 0.717) is 26.3 Å². The van der Waals surface area contributed by atoms with E-state index in [-0.39, 0.29) is 0 Å². The van der Waals surface area contributed by atoms with Gasteiger partial charge in [0.15, 0.2) is 0 Å². The van der Waals surface area contributed by atoms with E-state index in [0.717, 1.165) is 5.56 Å². The summed E-state index contributed by atoms with van der Waals surface area (Å²) < 4.78 is 15.4. The minimum absolute atomic E-state index is 0.295. The summed E-state index contributed by atoms with van der Waals surface area (Å²) >= 11 is 0. The Labute approximate surface area is 77.2 Å². The van der Waals surface area contributed by atoms with Crippen LogP contribution in [0.5, 0.6) is 0 Å². The molecule has 0 aromatic heterocycles. The molecule has 0 amide bonds. The van der Waals surface area contributed by atoms with Crippen molar-refractivity contribution in [2.45, 2.75) is 6.61 Å². The summed E-state index contributed by atoms with van der Waals surface area (Å²) in [6.45, 7) is 1.97. The lowest BCUT2D eigenvalue weighted by Crippen LogP contribution is -2.02. The summed E-state index contributed by atoms with van der Waals surface area (Å²) in [5.74, 6) is 0. The van der Waals surface area contributed by atoms with Crippen LogP contribution in [0.3, 0.4) is 0 Å². The minimum Gasteiger partial charge on any atom is -0.319 e. The second kappa shape index (κ2) is 4.37. The van der Waals surface area contributed by atoms with Crippen LogP contribution in [0.15, 0.2) is 30.3 Å². The SMILES string of the molecule is c1ccc(CO[C]2OCCO2)cc1. The van der Waals surface area contributed by atoms with Gasteiger partial charge in [0, 0.05) is 0 Å². The quantitative estimate of drug-likeness (QED) is 0.706. The topological polar surface area (TPSA) is 27.7 Å². The number of rotatable bonds is 3. The molecule has 1 aliphatic heterocycles. The molecule has 0 spiro atoms. The smallest absolute Gasteiger partial charge is 0.319 e. The van der Waals surface area contributed by atoms with Crippen molar-refractivity contribution in [3.8, 4) is 0 Å². The van der Waals surface area contributed by atoms with Crippen LogP contribution in [0.25, 0.3) is 0 Å². The van der Waals surface area contributed by atoms with Crippen LogP contribution in [0, 0.1) is 6.48 Å². The van der Waals surface area contributed by atoms with Crippen molar-refractivity contribution >= 4 is 0 Å². The van der Waals surface area contributed by atoms with E-state index in [1.165, 1.54) is 0 Å². The maximum atomic E-state index is 5.26. The average Bonchev–Trinajstić information content (AvgIpc) is 2.69. The van der Waals surface area contributed by atoms with Gasteiger partial charge in [0.05, 0.1) is 19.8 Å². The molecule has 2 rings (SSSR count). The second-order valence-corrected chi connectivity index (χ2v) is 2.72. The minimum atomic E-state index is 0.295. The van der Waals surface area contributed by atoms with Crippen LogP contribution in [-0.2, 0) is 20.8 Å². The first-order valence-electron chi connectivity index (χ1n) is 4.24. The van der Waals surface area contributed by atoms with Gasteiger partial charge in [-0.05, 0) is 5.56 Å². The van der Waals surface area contributed by atoms with Gasteiger partial charge < -0.3 is 14.2 Å². The maximum Gasteiger partial charge on any atom is 0.370 e. The molecule has 3 heteroatoms. The number of benzene rings is 1. The Hall–Kier alpha value is -0.900. The number of ether oxygens (including phenoxy) is 3. The van der Waals surface area contributed by atoms with Crippen molar-refractivity contribution in [2.24, 2.45) is 0 Å². The fourth-order valence-electron chi connectivity index (χ4n) is 1.09. The lowest BCUT2D eigenvalue weighted by atomic mass is 10.2. The molecule has 1 aliphatic rings. The summed E-state index contributed by atoms with van der Waals surface area (Å²) in [5, 5.41) is 0. The van der Waals surface area contributed by atoms with Gasteiger partial charge in [-0.25, -0.2) is 0 Å². The van der Waals surface area contributed by atoms with Crippen molar-refractivity contribution in [1.82, 2.24) is 0 Å². The van der Waals surface area contributed by atoms with Crippen molar-refractivity contribution < 1.29 is 14.2 Å². The monoisotopic (exact) mass is 179 g/mol. The fourth-order valence-corrected chi connectivity index (χ4v) is 1.09. The average molecular weight is 179 g/mol. The van der Waals surface area contributed by atoms with E-state index in [2.05, 4.69) is 0 Å². The highest BCUT2D eigenvalue weighted by molar-refractivity contribution is 5.13. The fraction of sp³-hybridized carbons (Fsp3) is 0.300. The standard InChI is InChI=1S/C10H11O3/c1-2-4-9(5-3-1)8-13-10-11-6-7-12-10/h1-5H,6-8H2. The van der Waals surface area contributed by atoms with E-state index in [1.807, 2.05) is 30.3 Å². The highest BCUT2D eigenvalue weighted by Gasteiger charge is 2.19. The molecular weight excluding hydrogens is 168 g/mol. The number of hydrogen-bond donors (Lipinski definition) is 0. The van der Waals surface area contributed by atoms with E-state index in [9.17, 15) is 0 Å². The zero-order valence-corrected chi connectivity index (χ0v) is 7.23. The van der Waals surface area contributed by atoms with Crippen LogP contribution >= 0.6 is 0 Å². The molecule has 0 atom stereocenters. The molecule has 0 unspecified atom stereocenters. The molecular formula is C10H11O3. The first-order chi connectivity index (χ1) is 6.45. The summed E-state index contributed by atoms with van der Waals surface area (Å²) in [4.78, 5) is 0. The molecule has 1 radical (unpaired) electrons. The number of hydrogen-bond acceptors (Lipinski definition) is 3. The third-order valence-corrected chi connectivity index (χ3v) is 1.72. The Morgan fingerprint density at radius 1 is 1.08 bits per heavy atom. The first kappa shape index (κ1) is 8.69. The van der Waals surface area contributed by atoms with Gasteiger partial charge in [-0.1, -0.05) is 30.3 Å². The maximum absolute atomic E-state index is 5.26. The Bertz CT molecular complexity index is 242. The normalized spacial score (nSPS) is 17.8. The molecule has 1 heterocycles. The Balaban J connectivity index is 1.79. The zero-order valence-electron chi connectivity index (χ0n) is 7.23. The van der Waals surface area contributed by atoms with Gasteiger partial charge in [-0.3, -0.25) is 0 Å². The predicted molar refractivity (Wildman–Crippen MR) is 46.4 cm³/mol. The lowest BCUT2D eigenvalue weighted by molar-refractivity contribution is -0.128. The van der Waals surface area contributed by atoms with Crippen LogP contribution in [-0.4, -0.2) is 13.2 Å². The first-order valence-corrected chi connectivity index (χ1v) is 4.24. The van der Waals surface area contributed by atoms with Crippen molar-refractivity contribution in [1.29, 1.82) is 0 Å². The van der Waals surface area contributed by atoms with Crippen LogP contribution in [0.1, 0.15) is 5.56 Å². The molecule has 0 N–H and O–H groups in total. The van der Waals surface area contributed by atoms with Crippen molar-refractivity contribution in [3.05, 3.63) is 42.4 Å². The van der Waals surface area contributed by atoms with Crippen LogP contribution in [0.2, 0.25) is 0 Å². The third-order valence-electron chi connectivity index (χ3n) is 1.72. The largest absolute Gasteiger partial charge is 0.370 e. The van der Waals surface area contributed by atoms with Gasteiger partial charge >= 0.3 is 6.48 Å². The predicted octanol–water partition coefficient (Wildman–Crippen LogP) is 1.70. The van der Waals surface area contributed by atoms with Crippen LogP contribution < -0.4 is 0 Å². The van der Waals surface area contributed by atoms with Crippen LogP contribution in [0.4, 0.5) is 0 Å². The van der Waals surface area contributed by atoms with Gasteiger partial charge in [0.25, 0.3) is 0 Å². The molecule has 0 bridgehead atoms. The van der Waals surface area contributed by atoms with E-state index < -0.39 is 0 Å². The van der Waals surface area contributed by atoms with Gasteiger partial charge in [0.2, 0.25) is 0 Å². The highest BCUT2D eigenvalue weighted by atomic mass is 16.9. The molecule has 0 saturated carbocycles. The van der Waals surface area contributed by atoms with Gasteiger partial charge in [-0.2, -0.15) is 0 Å². The van der Waals surface area contributed by atoms with Gasteiger partial charge in [-0.15, -0.1) is 0 Å². The second-order valence-electron chi connectivity index (χ2n) is 2.72. The summed E-state index contributed by atoms with van der Waals surface area (Å²) in [6, 6.07) is 9.91. The highest BCUT2D eigenvalue weighted by Crippen LogP contribution is 2.15. The lowest BCUT2D eigenvalue weighted by Gasteiger charge is -2.06. The molecule has 1 aromatic rings. The molecule has 0 aliphatic carbocycles. The van der Waals surface area contributed by atoms with E-state index in [4.69, 9.17) is 14.2 Å². The summed E-state index contributed by atoms with van der Waals surface area (Å²) in [6.07, 6.45) is 0. The molecule has 1 fully saturated rings. The summed E-state index contributed by atoms with van der Waals surface area (Å²) in [7, 11) is 0.